The minimum atomic E-state index is -0.972. The van der Waals surface area contributed by atoms with Crippen LogP contribution in [0.15, 0.2) is 42.5 Å². The molecule has 0 unspecified atom stereocenters. The Morgan fingerprint density at radius 2 is 1.76 bits per heavy atom. The van der Waals surface area contributed by atoms with Gasteiger partial charge in [-0.25, -0.2) is 0 Å². The fourth-order valence-electron chi connectivity index (χ4n) is 1.93. The molecule has 0 aliphatic carbocycles. The number of carboxylic acids is 1. The van der Waals surface area contributed by atoms with Crippen molar-refractivity contribution in [3.05, 3.63) is 48.0 Å². The summed E-state index contributed by atoms with van der Waals surface area (Å²) in [5, 5.41) is 12.8. The number of carbonyl (C=O) groups excluding carboxylic acids is 1. The molecular formula is C14H13NaO2. The van der Waals surface area contributed by atoms with Gasteiger partial charge in [0.25, 0.3) is 0 Å². The number of hydrogen-bond donors (Lipinski definition) is 0. The Balaban J connectivity index is 0.00000144. The van der Waals surface area contributed by atoms with Crippen LogP contribution in [-0.4, -0.2) is 5.97 Å². The van der Waals surface area contributed by atoms with E-state index in [-0.39, 0.29) is 36.0 Å². The number of aryl methyl sites for hydroxylation is 1. The summed E-state index contributed by atoms with van der Waals surface area (Å²) in [6.45, 7) is 0. The van der Waals surface area contributed by atoms with Gasteiger partial charge >= 0.3 is 29.6 Å². The summed E-state index contributed by atoms with van der Waals surface area (Å²) in [6, 6.07) is 14.3. The SMILES string of the molecule is O=C([O-])CCCc1cccc2ccccc12.[Na+]. The molecule has 2 aromatic rings. The zero-order valence-electron chi connectivity index (χ0n) is 9.98. The molecule has 0 radical (unpaired) electrons. The molecule has 0 saturated carbocycles. The van der Waals surface area contributed by atoms with Gasteiger partial charge in [-0.05, 0) is 35.6 Å². The third kappa shape index (κ3) is 3.84. The van der Waals surface area contributed by atoms with Gasteiger partial charge in [0.05, 0.1) is 0 Å². The van der Waals surface area contributed by atoms with Crippen LogP contribution in [0.2, 0.25) is 0 Å². The van der Waals surface area contributed by atoms with Crippen molar-refractivity contribution in [2.24, 2.45) is 0 Å². The van der Waals surface area contributed by atoms with E-state index in [1.807, 2.05) is 18.2 Å². The number of aliphatic carboxylic acids is 1. The molecule has 2 rings (SSSR count). The molecule has 0 atom stereocenters. The minimum absolute atomic E-state index is 0. The van der Waals surface area contributed by atoms with Crippen molar-refractivity contribution in [3.63, 3.8) is 0 Å². The molecule has 0 N–H and O–H groups in total. The Morgan fingerprint density at radius 3 is 2.53 bits per heavy atom. The molecule has 0 saturated heterocycles. The van der Waals surface area contributed by atoms with Gasteiger partial charge in [-0.1, -0.05) is 42.5 Å². The Kier molecular flexibility index (Phi) is 5.69. The third-order valence-corrected chi connectivity index (χ3v) is 2.71. The predicted molar refractivity (Wildman–Crippen MR) is 61.9 cm³/mol. The van der Waals surface area contributed by atoms with Crippen molar-refractivity contribution >= 4 is 16.7 Å². The van der Waals surface area contributed by atoms with Crippen LogP contribution in [0.4, 0.5) is 0 Å². The summed E-state index contributed by atoms with van der Waals surface area (Å²) in [6.07, 6.45) is 1.55. The van der Waals surface area contributed by atoms with E-state index in [1.54, 1.807) is 0 Å². The summed E-state index contributed by atoms with van der Waals surface area (Å²) in [5.74, 6) is -0.972. The molecule has 0 amide bonds. The molecule has 0 spiro atoms. The van der Waals surface area contributed by atoms with Crippen molar-refractivity contribution < 1.29 is 39.5 Å². The van der Waals surface area contributed by atoms with E-state index < -0.39 is 5.97 Å². The quantitative estimate of drug-likeness (QED) is 0.633. The van der Waals surface area contributed by atoms with Gasteiger partial charge in [0, 0.05) is 5.97 Å². The van der Waals surface area contributed by atoms with Crippen LogP contribution in [0.25, 0.3) is 10.8 Å². The summed E-state index contributed by atoms with van der Waals surface area (Å²) < 4.78 is 0. The first-order chi connectivity index (χ1) is 7.77. The zero-order valence-corrected chi connectivity index (χ0v) is 12.0. The number of hydrogen-bond acceptors (Lipinski definition) is 2. The molecule has 3 heteroatoms. The van der Waals surface area contributed by atoms with E-state index in [9.17, 15) is 9.90 Å². The summed E-state index contributed by atoms with van der Waals surface area (Å²) in [5.41, 5.74) is 1.21. The van der Waals surface area contributed by atoms with Crippen molar-refractivity contribution in [1.82, 2.24) is 0 Å². The first-order valence-corrected chi connectivity index (χ1v) is 5.44. The molecule has 17 heavy (non-hydrogen) atoms. The Labute approximate surface area is 123 Å². The third-order valence-electron chi connectivity index (χ3n) is 2.71. The van der Waals surface area contributed by atoms with Gasteiger partial charge in [-0.15, -0.1) is 0 Å². The average Bonchev–Trinajstić information content (AvgIpc) is 2.29. The summed E-state index contributed by atoms with van der Waals surface area (Å²) in [4.78, 5) is 10.3. The van der Waals surface area contributed by atoms with Gasteiger partial charge < -0.3 is 9.90 Å². The van der Waals surface area contributed by atoms with E-state index in [0.717, 1.165) is 6.42 Å². The molecule has 82 valence electrons. The molecule has 2 nitrogen and oxygen atoms in total. The zero-order chi connectivity index (χ0) is 11.4. The Morgan fingerprint density at radius 1 is 1.06 bits per heavy atom. The van der Waals surface area contributed by atoms with E-state index in [2.05, 4.69) is 24.3 Å². The standard InChI is InChI=1S/C14H14O2.Na/c15-14(16)10-4-8-12-7-3-6-11-5-1-2-9-13(11)12;/h1-3,5-7,9H,4,8,10H2,(H,15,16);/q;+1/p-1. The molecule has 0 fully saturated rings. The van der Waals surface area contributed by atoms with E-state index in [4.69, 9.17) is 0 Å². The van der Waals surface area contributed by atoms with Crippen molar-refractivity contribution in [2.75, 3.05) is 0 Å². The van der Waals surface area contributed by atoms with Crippen LogP contribution in [-0.2, 0) is 11.2 Å². The molecule has 0 aliphatic rings. The predicted octanol–water partition coefficient (Wildman–Crippen LogP) is -1.08. The number of rotatable bonds is 4. The topological polar surface area (TPSA) is 40.1 Å². The van der Waals surface area contributed by atoms with Crippen molar-refractivity contribution in [3.8, 4) is 0 Å². The number of carboxylic acid groups (broad SMARTS) is 1. The maximum atomic E-state index is 10.3. The van der Waals surface area contributed by atoms with Gasteiger partial charge in [0.2, 0.25) is 0 Å². The maximum absolute atomic E-state index is 10.3. The summed E-state index contributed by atoms with van der Waals surface area (Å²) in [7, 11) is 0. The monoisotopic (exact) mass is 236 g/mol. The molecule has 0 bridgehead atoms. The molecule has 0 aliphatic heterocycles. The van der Waals surface area contributed by atoms with Crippen LogP contribution in [0.1, 0.15) is 18.4 Å². The van der Waals surface area contributed by atoms with Crippen LogP contribution in [0.3, 0.4) is 0 Å². The Hall–Kier alpha value is -0.830. The number of carbonyl (C=O) groups is 1. The fraction of sp³-hybridized carbons (Fsp3) is 0.214. The van der Waals surface area contributed by atoms with Gasteiger partial charge in [-0.2, -0.15) is 0 Å². The van der Waals surface area contributed by atoms with E-state index in [1.165, 1.54) is 16.3 Å². The van der Waals surface area contributed by atoms with Crippen molar-refractivity contribution in [2.45, 2.75) is 19.3 Å². The maximum Gasteiger partial charge on any atom is 1.00 e. The number of fused-ring (bicyclic) bond motifs is 1. The smallest absolute Gasteiger partial charge is 0.550 e. The van der Waals surface area contributed by atoms with Gasteiger partial charge in [-0.3, -0.25) is 0 Å². The van der Waals surface area contributed by atoms with Crippen LogP contribution < -0.4 is 34.7 Å². The first kappa shape index (κ1) is 14.2. The Bertz CT molecular complexity index is 503. The average molecular weight is 236 g/mol. The summed E-state index contributed by atoms with van der Waals surface area (Å²) >= 11 is 0. The largest absolute Gasteiger partial charge is 1.00 e. The van der Waals surface area contributed by atoms with Gasteiger partial charge in [0.1, 0.15) is 0 Å². The second kappa shape index (κ2) is 6.80. The second-order valence-electron chi connectivity index (χ2n) is 3.86. The normalized spacial score (nSPS) is 9.88. The van der Waals surface area contributed by atoms with Crippen LogP contribution >= 0.6 is 0 Å². The van der Waals surface area contributed by atoms with Gasteiger partial charge in [0.15, 0.2) is 0 Å². The molecule has 0 aromatic heterocycles. The molecule has 0 heterocycles. The van der Waals surface area contributed by atoms with Crippen molar-refractivity contribution in [1.29, 1.82) is 0 Å². The minimum Gasteiger partial charge on any atom is -0.550 e. The first-order valence-electron chi connectivity index (χ1n) is 5.44. The molecule has 2 aromatic carbocycles. The van der Waals surface area contributed by atoms with E-state index in [0.29, 0.717) is 6.42 Å². The number of benzene rings is 2. The van der Waals surface area contributed by atoms with Crippen LogP contribution in [0, 0.1) is 0 Å². The van der Waals surface area contributed by atoms with E-state index >= 15 is 0 Å². The fourth-order valence-corrected chi connectivity index (χ4v) is 1.93. The molecular weight excluding hydrogens is 223 g/mol. The van der Waals surface area contributed by atoms with Crippen LogP contribution in [0.5, 0.6) is 0 Å². The second-order valence-corrected chi connectivity index (χ2v) is 3.86.